The minimum atomic E-state index is -0.442. The highest BCUT2D eigenvalue weighted by atomic mass is 79.9. The van der Waals surface area contributed by atoms with Crippen LogP contribution in [0.25, 0.3) is 10.6 Å². The van der Waals surface area contributed by atoms with Crippen molar-refractivity contribution in [3.8, 4) is 27.8 Å². The van der Waals surface area contributed by atoms with Crippen molar-refractivity contribution < 1.29 is 23.7 Å². The van der Waals surface area contributed by atoms with E-state index in [0.717, 1.165) is 20.8 Å². The fourth-order valence-corrected chi connectivity index (χ4v) is 3.78. The molecule has 0 saturated heterocycles. The summed E-state index contributed by atoms with van der Waals surface area (Å²) in [5, 5.41) is 2.66. The van der Waals surface area contributed by atoms with Crippen LogP contribution in [0, 0.1) is 0 Å². The summed E-state index contributed by atoms with van der Waals surface area (Å²) in [6.07, 6.45) is 0. The van der Waals surface area contributed by atoms with E-state index in [9.17, 15) is 4.79 Å². The Labute approximate surface area is 167 Å². The lowest BCUT2D eigenvalue weighted by molar-refractivity contribution is 0.0468. The topological polar surface area (TPSA) is 66.9 Å². The first-order valence-corrected chi connectivity index (χ1v) is 9.66. The number of halogens is 1. The number of rotatable bonds is 5. The van der Waals surface area contributed by atoms with Gasteiger partial charge in [-0.1, -0.05) is 15.9 Å². The molecule has 138 valence electrons. The Morgan fingerprint density at radius 3 is 2.93 bits per heavy atom. The molecule has 0 amide bonds. The maximum absolute atomic E-state index is 12.3. The van der Waals surface area contributed by atoms with Gasteiger partial charge in [0, 0.05) is 9.85 Å². The Balaban J connectivity index is 1.46. The van der Waals surface area contributed by atoms with E-state index >= 15 is 0 Å². The molecule has 0 unspecified atom stereocenters. The minimum Gasteiger partial charge on any atom is -0.496 e. The van der Waals surface area contributed by atoms with Gasteiger partial charge in [-0.3, -0.25) is 0 Å². The van der Waals surface area contributed by atoms with Crippen LogP contribution in [-0.2, 0) is 11.3 Å². The third-order valence-electron chi connectivity index (χ3n) is 3.90. The molecule has 2 heterocycles. The molecule has 0 fully saturated rings. The van der Waals surface area contributed by atoms with Gasteiger partial charge in [0.15, 0.2) is 11.5 Å². The third-order valence-corrected chi connectivity index (χ3v) is 5.32. The van der Waals surface area contributed by atoms with Crippen LogP contribution in [0.4, 0.5) is 0 Å². The molecule has 27 heavy (non-hydrogen) atoms. The molecule has 1 aliphatic rings. The zero-order chi connectivity index (χ0) is 18.8. The minimum absolute atomic E-state index is 0.0834. The van der Waals surface area contributed by atoms with Gasteiger partial charge in [-0.2, -0.15) is 0 Å². The van der Waals surface area contributed by atoms with Gasteiger partial charge in [-0.05, 0) is 36.4 Å². The SMILES string of the molecule is COc1ccc(Br)cc1-c1nc(COC(=O)c2ccc3c(c2)OCO3)cs1. The average molecular weight is 448 g/mol. The predicted octanol–water partition coefficient (Wildman–Crippen LogP) is 4.67. The lowest BCUT2D eigenvalue weighted by Crippen LogP contribution is -2.05. The van der Waals surface area contributed by atoms with E-state index in [1.165, 1.54) is 11.3 Å². The van der Waals surface area contributed by atoms with Crippen molar-refractivity contribution >= 4 is 33.2 Å². The highest BCUT2D eigenvalue weighted by Gasteiger charge is 2.18. The van der Waals surface area contributed by atoms with Gasteiger partial charge < -0.3 is 18.9 Å². The number of esters is 1. The average Bonchev–Trinajstić information content (AvgIpc) is 3.34. The van der Waals surface area contributed by atoms with Crippen molar-refractivity contribution in [3.05, 3.63) is 57.5 Å². The summed E-state index contributed by atoms with van der Waals surface area (Å²) in [4.78, 5) is 16.8. The van der Waals surface area contributed by atoms with Gasteiger partial charge in [0.05, 0.1) is 23.9 Å². The van der Waals surface area contributed by atoms with Crippen LogP contribution in [-0.4, -0.2) is 24.9 Å². The fourth-order valence-electron chi connectivity index (χ4n) is 2.59. The molecule has 3 aromatic rings. The predicted molar refractivity (Wildman–Crippen MR) is 103 cm³/mol. The first kappa shape index (κ1) is 17.8. The van der Waals surface area contributed by atoms with E-state index < -0.39 is 5.97 Å². The van der Waals surface area contributed by atoms with E-state index in [1.807, 2.05) is 23.6 Å². The second kappa shape index (κ2) is 7.58. The van der Waals surface area contributed by atoms with Crippen molar-refractivity contribution in [2.45, 2.75) is 6.61 Å². The van der Waals surface area contributed by atoms with E-state index in [4.69, 9.17) is 18.9 Å². The van der Waals surface area contributed by atoms with Crippen molar-refractivity contribution in [2.24, 2.45) is 0 Å². The molecule has 6 nitrogen and oxygen atoms in total. The number of aromatic nitrogens is 1. The summed E-state index contributed by atoms with van der Waals surface area (Å²) in [6, 6.07) is 10.7. The molecule has 0 spiro atoms. The van der Waals surface area contributed by atoms with Gasteiger partial charge in [0.2, 0.25) is 6.79 Å². The number of benzene rings is 2. The lowest BCUT2D eigenvalue weighted by Gasteiger charge is -2.06. The fraction of sp³-hybridized carbons (Fsp3) is 0.158. The van der Waals surface area contributed by atoms with Gasteiger partial charge in [-0.25, -0.2) is 9.78 Å². The smallest absolute Gasteiger partial charge is 0.338 e. The molecule has 0 bridgehead atoms. The molecular weight excluding hydrogens is 434 g/mol. The van der Waals surface area contributed by atoms with Crippen molar-refractivity contribution in [2.75, 3.05) is 13.9 Å². The number of carbonyl (C=O) groups is 1. The second-order valence-corrected chi connectivity index (χ2v) is 7.41. The summed E-state index contributed by atoms with van der Waals surface area (Å²) >= 11 is 4.92. The molecule has 8 heteroatoms. The molecule has 0 aliphatic carbocycles. The normalized spacial score (nSPS) is 12.1. The van der Waals surface area contributed by atoms with E-state index in [0.29, 0.717) is 22.8 Å². The van der Waals surface area contributed by atoms with E-state index in [2.05, 4.69) is 20.9 Å². The Bertz CT molecular complexity index is 1000. The van der Waals surface area contributed by atoms with Gasteiger partial charge in [0.1, 0.15) is 17.4 Å². The van der Waals surface area contributed by atoms with Gasteiger partial charge in [-0.15, -0.1) is 11.3 Å². The Kier molecular flexibility index (Phi) is 5.00. The molecule has 0 N–H and O–H groups in total. The van der Waals surface area contributed by atoms with Crippen LogP contribution >= 0.6 is 27.3 Å². The van der Waals surface area contributed by atoms with Crippen molar-refractivity contribution in [3.63, 3.8) is 0 Å². The Hall–Kier alpha value is -2.58. The van der Waals surface area contributed by atoms with Gasteiger partial charge in [0.25, 0.3) is 0 Å². The van der Waals surface area contributed by atoms with Crippen LogP contribution in [0.5, 0.6) is 17.2 Å². The second-order valence-electron chi connectivity index (χ2n) is 5.63. The number of hydrogen-bond donors (Lipinski definition) is 0. The van der Waals surface area contributed by atoms with Crippen molar-refractivity contribution in [1.82, 2.24) is 4.98 Å². The summed E-state index contributed by atoms with van der Waals surface area (Å²) < 4.78 is 22.2. The van der Waals surface area contributed by atoms with E-state index in [-0.39, 0.29) is 13.4 Å². The number of fused-ring (bicyclic) bond motifs is 1. The van der Waals surface area contributed by atoms with Crippen molar-refractivity contribution in [1.29, 1.82) is 0 Å². The molecule has 1 aromatic heterocycles. The number of methoxy groups -OCH3 is 1. The molecule has 1 aliphatic heterocycles. The summed E-state index contributed by atoms with van der Waals surface area (Å²) in [5.41, 5.74) is 1.96. The molecule has 0 saturated carbocycles. The van der Waals surface area contributed by atoms with E-state index in [1.54, 1.807) is 25.3 Å². The highest BCUT2D eigenvalue weighted by molar-refractivity contribution is 9.10. The largest absolute Gasteiger partial charge is 0.496 e. The molecular formula is C19H14BrNO5S. The molecule has 0 radical (unpaired) electrons. The van der Waals surface area contributed by atoms with Crippen LogP contribution in [0.1, 0.15) is 16.1 Å². The number of ether oxygens (including phenoxy) is 4. The number of thiazole rings is 1. The zero-order valence-electron chi connectivity index (χ0n) is 14.2. The number of carbonyl (C=O) groups excluding carboxylic acids is 1. The quantitative estimate of drug-likeness (QED) is 0.529. The van der Waals surface area contributed by atoms with Gasteiger partial charge >= 0.3 is 5.97 Å². The zero-order valence-corrected chi connectivity index (χ0v) is 16.6. The Morgan fingerprint density at radius 2 is 2.07 bits per heavy atom. The summed E-state index contributed by atoms with van der Waals surface area (Å²) in [7, 11) is 1.62. The maximum Gasteiger partial charge on any atom is 0.338 e. The first-order valence-electron chi connectivity index (χ1n) is 7.99. The number of hydrogen-bond acceptors (Lipinski definition) is 7. The maximum atomic E-state index is 12.3. The molecule has 2 aromatic carbocycles. The monoisotopic (exact) mass is 447 g/mol. The summed E-state index contributed by atoms with van der Waals surface area (Å²) in [6.45, 7) is 0.245. The first-order chi connectivity index (χ1) is 13.1. The molecule has 4 rings (SSSR count). The van der Waals surface area contributed by atoms with Crippen LogP contribution in [0.3, 0.4) is 0 Å². The van der Waals surface area contributed by atoms with Crippen LogP contribution in [0.15, 0.2) is 46.3 Å². The highest BCUT2D eigenvalue weighted by Crippen LogP contribution is 2.35. The third kappa shape index (κ3) is 3.77. The van der Waals surface area contributed by atoms with Crippen LogP contribution < -0.4 is 14.2 Å². The molecule has 0 atom stereocenters. The number of nitrogens with zero attached hydrogens (tertiary/aromatic N) is 1. The van der Waals surface area contributed by atoms with Crippen LogP contribution in [0.2, 0.25) is 0 Å². The standard InChI is InChI=1S/C19H14BrNO5S/c1-23-15-5-3-12(20)7-14(15)18-21-13(9-27-18)8-24-19(22)11-2-4-16-17(6-11)26-10-25-16/h2-7,9H,8,10H2,1H3. The lowest BCUT2D eigenvalue weighted by atomic mass is 10.2. The summed E-state index contributed by atoms with van der Waals surface area (Å²) in [5.74, 6) is 1.46. The Morgan fingerprint density at radius 1 is 1.22 bits per heavy atom.